The van der Waals surface area contributed by atoms with Crippen LogP contribution in [0, 0.1) is 23.7 Å². The second-order valence-electron chi connectivity index (χ2n) is 6.38. The number of methoxy groups -OCH3 is 1. The zero-order chi connectivity index (χ0) is 12.4. The molecule has 2 rings (SSSR count). The highest BCUT2D eigenvalue weighted by Gasteiger charge is 2.41. The zero-order valence-corrected chi connectivity index (χ0v) is 11.9. The SMILES string of the molecule is CNC(C1CCC(C)C(C)C1)C(OC)C1CC1. The summed E-state index contributed by atoms with van der Waals surface area (Å²) >= 11 is 0. The maximum Gasteiger partial charge on any atom is 0.0754 e. The molecule has 5 unspecified atom stereocenters. The molecule has 0 aromatic rings. The van der Waals surface area contributed by atoms with Crippen LogP contribution in [-0.2, 0) is 4.74 Å². The summed E-state index contributed by atoms with van der Waals surface area (Å²) in [5, 5.41) is 3.55. The maximum atomic E-state index is 5.78. The van der Waals surface area contributed by atoms with Gasteiger partial charge in [0.05, 0.1) is 6.10 Å². The average molecular weight is 239 g/mol. The molecule has 0 aromatic heterocycles. The van der Waals surface area contributed by atoms with Gasteiger partial charge in [-0.1, -0.05) is 20.3 Å². The first-order chi connectivity index (χ1) is 8.17. The van der Waals surface area contributed by atoms with Gasteiger partial charge in [0.1, 0.15) is 0 Å². The lowest BCUT2D eigenvalue weighted by atomic mass is 9.72. The van der Waals surface area contributed by atoms with Gasteiger partial charge < -0.3 is 10.1 Å². The number of likely N-dealkylation sites (N-methyl/N-ethyl adjacent to an activating group) is 1. The van der Waals surface area contributed by atoms with Gasteiger partial charge in [0.25, 0.3) is 0 Å². The Balaban J connectivity index is 1.97. The third-order valence-electron chi connectivity index (χ3n) is 5.19. The van der Waals surface area contributed by atoms with Crippen LogP contribution in [-0.4, -0.2) is 26.3 Å². The van der Waals surface area contributed by atoms with E-state index in [1.54, 1.807) is 0 Å². The Morgan fingerprint density at radius 3 is 2.12 bits per heavy atom. The van der Waals surface area contributed by atoms with Crippen molar-refractivity contribution in [2.24, 2.45) is 23.7 Å². The number of nitrogens with one attached hydrogen (secondary N) is 1. The van der Waals surface area contributed by atoms with Crippen LogP contribution >= 0.6 is 0 Å². The molecule has 0 bridgehead atoms. The first-order valence-electron chi connectivity index (χ1n) is 7.37. The molecule has 0 radical (unpaired) electrons. The molecular weight excluding hydrogens is 210 g/mol. The molecule has 0 aliphatic heterocycles. The van der Waals surface area contributed by atoms with Crippen molar-refractivity contribution in [2.75, 3.05) is 14.2 Å². The molecule has 2 fully saturated rings. The molecule has 0 amide bonds. The lowest BCUT2D eigenvalue weighted by Gasteiger charge is -2.39. The van der Waals surface area contributed by atoms with Crippen LogP contribution in [0.1, 0.15) is 46.0 Å². The summed E-state index contributed by atoms with van der Waals surface area (Å²) in [6, 6.07) is 0.572. The van der Waals surface area contributed by atoms with Gasteiger partial charge >= 0.3 is 0 Å². The Morgan fingerprint density at radius 1 is 1.00 bits per heavy atom. The minimum Gasteiger partial charge on any atom is -0.380 e. The van der Waals surface area contributed by atoms with Crippen molar-refractivity contribution in [2.45, 2.75) is 58.1 Å². The Morgan fingerprint density at radius 2 is 1.65 bits per heavy atom. The first kappa shape index (κ1) is 13.4. The molecule has 2 aliphatic rings. The second-order valence-corrected chi connectivity index (χ2v) is 6.38. The number of hydrogen-bond acceptors (Lipinski definition) is 2. The predicted octanol–water partition coefficient (Wildman–Crippen LogP) is 3.07. The molecule has 2 heteroatoms. The van der Waals surface area contributed by atoms with Crippen molar-refractivity contribution in [3.63, 3.8) is 0 Å². The Labute approximate surface area is 107 Å². The minimum absolute atomic E-state index is 0.450. The van der Waals surface area contributed by atoms with Gasteiger partial charge in [0.2, 0.25) is 0 Å². The van der Waals surface area contributed by atoms with Gasteiger partial charge in [-0.2, -0.15) is 0 Å². The summed E-state index contributed by atoms with van der Waals surface area (Å²) in [4.78, 5) is 0. The maximum absolute atomic E-state index is 5.78. The zero-order valence-electron chi connectivity index (χ0n) is 11.9. The number of ether oxygens (including phenoxy) is 1. The van der Waals surface area contributed by atoms with Gasteiger partial charge in [-0.05, 0) is 56.4 Å². The molecule has 5 atom stereocenters. The molecule has 1 N–H and O–H groups in total. The summed E-state index contributed by atoms with van der Waals surface area (Å²) in [6.45, 7) is 4.83. The minimum atomic E-state index is 0.450. The molecule has 0 spiro atoms. The summed E-state index contributed by atoms with van der Waals surface area (Å²) in [5.74, 6) is 3.43. The van der Waals surface area contributed by atoms with Gasteiger partial charge in [-0.3, -0.25) is 0 Å². The van der Waals surface area contributed by atoms with Crippen LogP contribution in [0.15, 0.2) is 0 Å². The fourth-order valence-corrected chi connectivity index (χ4v) is 3.64. The molecule has 2 nitrogen and oxygen atoms in total. The molecule has 17 heavy (non-hydrogen) atoms. The molecule has 0 saturated heterocycles. The molecule has 0 heterocycles. The fraction of sp³-hybridized carbons (Fsp3) is 1.00. The predicted molar refractivity (Wildman–Crippen MR) is 72.0 cm³/mol. The van der Waals surface area contributed by atoms with Crippen molar-refractivity contribution >= 4 is 0 Å². The van der Waals surface area contributed by atoms with E-state index in [0.717, 1.165) is 23.7 Å². The van der Waals surface area contributed by atoms with Gasteiger partial charge in [-0.25, -0.2) is 0 Å². The quantitative estimate of drug-likeness (QED) is 0.796. The van der Waals surface area contributed by atoms with Crippen LogP contribution < -0.4 is 5.32 Å². The van der Waals surface area contributed by atoms with E-state index in [4.69, 9.17) is 4.74 Å². The highest BCUT2D eigenvalue weighted by molar-refractivity contribution is 4.94. The third-order valence-corrected chi connectivity index (χ3v) is 5.19. The standard InChI is InChI=1S/C15H29NO/c1-10-5-6-13(9-11(10)2)14(16-3)15(17-4)12-7-8-12/h10-16H,5-9H2,1-4H3. The van der Waals surface area contributed by atoms with E-state index in [1.807, 2.05) is 7.11 Å². The van der Waals surface area contributed by atoms with Crippen LogP contribution in [0.3, 0.4) is 0 Å². The van der Waals surface area contributed by atoms with Crippen molar-refractivity contribution in [3.05, 3.63) is 0 Å². The van der Waals surface area contributed by atoms with Crippen LogP contribution in [0.25, 0.3) is 0 Å². The van der Waals surface area contributed by atoms with Crippen LogP contribution in [0.4, 0.5) is 0 Å². The molecule has 2 aliphatic carbocycles. The summed E-state index contributed by atoms with van der Waals surface area (Å²) < 4.78 is 5.78. The molecular formula is C15H29NO. The first-order valence-corrected chi connectivity index (χ1v) is 7.37. The number of hydrogen-bond donors (Lipinski definition) is 1. The molecule has 100 valence electrons. The van der Waals surface area contributed by atoms with Gasteiger partial charge in [-0.15, -0.1) is 0 Å². The van der Waals surface area contributed by atoms with Crippen LogP contribution in [0.5, 0.6) is 0 Å². The fourth-order valence-electron chi connectivity index (χ4n) is 3.64. The summed E-state index contributed by atoms with van der Waals surface area (Å²) in [7, 11) is 4.00. The highest BCUT2D eigenvalue weighted by atomic mass is 16.5. The highest BCUT2D eigenvalue weighted by Crippen LogP contribution is 2.41. The van der Waals surface area contributed by atoms with Crippen molar-refractivity contribution in [1.29, 1.82) is 0 Å². The topological polar surface area (TPSA) is 21.3 Å². The van der Waals surface area contributed by atoms with E-state index in [9.17, 15) is 0 Å². The van der Waals surface area contributed by atoms with Crippen molar-refractivity contribution < 1.29 is 4.74 Å². The normalized spacial score (nSPS) is 37.8. The second kappa shape index (κ2) is 5.71. The summed E-state index contributed by atoms with van der Waals surface area (Å²) in [5.41, 5.74) is 0. The lowest BCUT2D eigenvalue weighted by Crippen LogP contribution is -2.47. The lowest BCUT2D eigenvalue weighted by molar-refractivity contribution is 0.0178. The van der Waals surface area contributed by atoms with Crippen molar-refractivity contribution in [3.8, 4) is 0 Å². The van der Waals surface area contributed by atoms with E-state index in [-0.39, 0.29) is 0 Å². The molecule has 2 saturated carbocycles. The van der Waals surface area contributed by atoms with Crippen molar-refractivity contribution in [1.82, 2.24) is 5.32 Å². The van der Waals surface area contributed by atoms with E-state index in [0.29, 0.717) is 12.1 Å². The van der Waals surface area contributed by atoms with Gasteiger partial charge in [0.15, 0.2) is 0 Å². The third kappa shape index (κ3) is 3.03. The largest absolute Gasteiger partial charge is 0.380 e. The monoisotopic (exact) mass is 239 g/mol. The average Bonchev–Trinajstić information content (AvgIpc) is 3.14. The Hall–Kier alpha value is -0.0800. The molecule has 0 aromatic carbocycles. The Kier molecular flexibility index (Phi) is 4.48. The Bertz CT molecular complexity index is 239. The van der Waals surface area contributed by atoms with E-state index in [1.165, 1.54) is 32.1 Å². The van der Waals surface area contributed by atoms with Gasteiger partial charge in [0, 0.05) is 13.2 Å². The van der Waals surface area contributed by atoms with E-state index < -0.39 is 0 Å². The van der Waals surface area contributed by atoms with E-state index in [2.05, 4.69) is 26.2 Å². The summed E-state index contributed by atoms with van der Waals surface area (Å²) in [6.07, 6.45) is 7.34. The smallest absolute Gasteiger partial charge is 0.0754 e. The number of rotatable bonds is 5. The van der Waals surface area contributed by atoms with E-state index >= 15 is 0 Å². The van der Waals surface area contributed by atoms with Crippen LogP contribution in [0.2, 0.25) is 0 Å².